The highest BCUT2D eigenvalue weighted by Crippen LogP contribution is 1.87. The van der Waals surface area contributed by atoms with Crippen molar-refractivity contribution in [2.75, 3.05) is 6.61 Å². The van der Waals surface area contributed by atoms with Crippen molar-refractivity contribution in [2.45, 2.75) is 12.8 Å². The summed E-state index contributed by atoms with van der Waals surface area (Å²) in [6.45, 7) is 0.154. The minimum absolute atomic E-state index is 0.154. The molecule has 2 nitrogen and oxygen atoms in total. The third kappa shape index (κ3) is 5.45. The summed E-state index contributed by atoms with van der Waals surface area (Å²) in [6.07, 6.45) is 2.83. The molecule has 0 fully saturated rings. The maximum absolute atomic E-state index is 8.15. The Morgan fingerprint density at radius 2 is 2.43 bits per heavy atom. The van der Waals surface area contributed by atoms with Gasteiger partial charge in [-0.25, -0.2) is 0 Å². The maximum Gasteiger partial charge on any atom is 0.0624 e. The van der Waals surface area contributed by atoms with Crippen molar-refractivity contribution in [2.24, 2.45) is 0 Å². The molecule has 2 heteroatoms. The van der Waals surface area contributed by atoms with E-state index in [4.69, 9.17) is 10.4 Å². The van der Waals surface area contributed by atoms with Gasteiger partial charge in [0.1, 0.15) is 0 Å². The van der Waals surface area contributed by atoms with Crippen LogP contribution in [-0.4, -0.2) is 11.7 Å². The summed E-state index contributed by atoms with van der Waals surface area (Å²) >= 11 is 0. The molecule has 7 heavy (non-hydrogen) atoms. The molecule has 0 aliphatic carbocycles. The summed E-state index contributed by atoms with van der Waals surface area (Å²) in [5.74, 6) is 0. The summed E-state index contributed by atoms with van der Waals surface area (Å²) in [4.78, 5) is 0. The van der Waals surface area contributed by atoms with E-state index < -0.39 is 0 Å². The van der Waals surface area contributed by atoms with E-state index >= 15 is 0 Å². The first-order valence-electron chi connectivity index (χ1n) is 2.21. The predicted molar refractivity (Wildman–Crippen MR) is 26.2 cm³/mol. The first kappa shape index (κ1) is 6.45. The number of aliphatic hydroxyl groups is 1. The molecule has 0 amide bonds. The zero-order valence-electron chi connectivity index (χ0n) is 4.09. The van der Waals surface area contributed by atoms with Crippen molar-refractivity contribution >= 4 is 0 Å². The topological polar surface area (TPSA) is 44.0 Å². The molecule has 0 saturated heterocycles. The Bertz CT molecular complexity index is 65.0. The zero-order valence-corrected chi connectivity index (χ0v) is 4.09. The molecule has 0 aromatic heterocycles. The normalized spacial score (nSPS) is 8.00. The van der Waals surface area contributed by atoms with E-state index in [1.165, 1.54) is 0 Å². The number of nitrogens with zero attached hydrogens (tertiary/aromatic N) is 1. The van der Waals surface area contributed by atoms with Crippen molar-refractivity contribution in [3.05, 3.63) is 6.42 Å². The van der Waals surface area contributed by atoms with Crippen LogP contribution in [0.5, 0.6) is 0 Å². The average molecular weight is 98.1 g/mol. The minimum Gasteiger partial charge on any atom is -0.396 e. The molecule has 0 rings (SSSR count). The lowest BCUT2D eigenvalue weighted by Crippen LogP contribution is -1.80. The molecular weight excluding hydrogens is 90.1 g/mol. The van der Waals surface area contributed by atoms with Gasteiger partial charge in [-0.2, -0.15) is 5.26 Å². The average Bonchev–Trinajstić information content (AvgIpc) is 1.69. The van der Waals surface area contributed by atoms with Crippen molar-refractivity contribution in [1.29, 1.82) is 5.26 Å². The molecule has 0 aromatic carbocycles. The Hall–Kier alpha value is -0.550. The molecular formula is C5H8NO. The van der Waals surface area contributed by atoms with Crippen LogP contribution in [0.25, 0.3) is 0 Å². The second-order valence-corrected chi connectivity index (χ2v) is 1.16. The Balaban J connectivity index is 2.60. The number of rotatable bonds is 3. The van der Waals surface area contributed by atoms with Gasteiger partial charge in [0.05, 0.1) is 6.07 Å². The van der Waals surface area contributed by atoms with Gasteiger partial charge < -0.3 is 5.11 Å². The van der Waals surface area contributed by atoms with Crippen LogP contribution in [0.4, 0.5) is 0 Å². The Labute approximate surface area is 43.4 Å². The summed E-state index contributed by atoms with van der Waals surface area (Å²) in [5.41, 5.74) is 0. The summed E-state index contributed by atoms with van der Waals surface area (Å²) in [7, 11) is 0. The van der Waals surface area contributed by atoms with Gasteiger partial charge in [0.25, 0.3) is 0 Å². The van der Waals surface area contributed by atoms with Crippen LogP contribution in [0.3, 0.4) is 0 Å². The maximum atomic E-state index is 8.15. The van der Waals surface area contributed by atoms with Crippen LogP contribution in [0, 0.1) is 17.8 Å². The largest absolute Gasteiger partial charge is 0.396 e. The van der Waals surface area contributed by atoms with E-state index in [9.17, 15) is 0 Å². The summed E-state index contributed by atoms with van der Waals surface area (Å²) in [6, 6.07) is 1.94. The van der Waals surface area contributed by atoms with Gasteiger partial charge in [0.2, 0.25) is 0 Å². The van der Waals surface area contributed by atoms with E-state index in [1.54, 1.807) is 6.42 Å². The Kier molecular flexibility index (Phi) is 5.02. The predicted octanol–water partition coefficient (Wildman–Crippen LogP) is 0.487. The number of aliphatic hydroxyl groups excluding tert-OH is 1. The molecule has 0 saturated carbocycles. The van der Waals surface area contributed by atoms with Gasteiger partial charge in [-0.05, 0) is 12.8 Å². The van der Waals surface area contributed by atoms with E-state index in [2.05, 4.69) is 0 Å². The molecule has 0 spiro atoms. The highest BCUT2D eigenvalue weighted by molar-refractivity contribution is 4.79. The lowest BCUT2D eigenvalue weighted by molar-refractivity contribution is 0.297. The van der Waals surface area contributed by atoms with E-state index in [-0.39, 0.29) is 6.61 Å². The molecule has 0 aliphatic heterocycles. The highest BCUT2D eigenvalue weighted by atomic mass is 16.2. The van der Waals surface area contributed by atoms with Crippen LogP contribution in [-0.2, 0) is 0 Å². The molecule has 1 radical (unpaired) electrons. The lowest BCUT2D eigenvalue weighted by atomic mass is 10.3. The smallest absolute Gasteiger partial charge is 0.0624 e. The molecule has 1 N–H and O–H groups in total. The van der Waals surface area contributed by atoms with Gasteiger partial charge in [-0.3, -0.25) is 0 Å². The van der Waals surface area contributed by atoms with Crippen LogP contribution >= 0.6 is 0 Å². The SMILES string of the molecule is N#CC[CH]CCO. The van der Waals surface area contributed by atoms with Crippen LogP contribution in [0.15, 0.2) is 0 Å². The molecule has 0 atom stereocenters. The first-order valence-corrected chi connectivity index (χ1v) is 2.21. The van der Waals surface area contributed by atoms with Gasteiger partial charge in [-0.15, -0.1) is 0 Å². The molecule has 0 unspecified atom stereocenters. The monoisotopic (exact) mass is 98.1 g/mol. The number of nitriles is 1. The van der Waals surface area contributed by atoms with Gasteiger partial charge in [-0.1, -0.05) is 0 Å². The number of hydrogen-bond donors (Lipinski definition) is 1. The van der Waals surface area contributed by atoms with Crippen LogP contribution in [0.1, 0.15) is 12.8 Å². The van der Waals surface area contributed by atoms with E-state index in [0.717, 1.165) is 0 Å². The molecule has 0 heterocycles. The van der Waals surface area contributed by atoms with Crippen LogP contribution < -0.4 is 0 Å². The fourth-order valence-corrected chi connectivity index (χ4v) is 0.258. The van der Waals surface area contributed by atoms with Gasteiger partial charge >= 0.3 is 0 Å². The quantitative estimate of drug-likeness (QED) is 0.522. The third-order valence-electron chi connectivity index (χ3n) is 0.569. The molecule has 39 valence electrons. The van der Waals surface area contributed by atoms with E-state index in [1.807, 2.05) is 6.07 Å². The van der Waals surface area contributed by atoms with Crippen LogP contribution in [0.2, 0.25) is 0 Å². The molecule has 0 aromatic rings. The lowest BCUT2D eigenvalue weighted by Gasteiger charge is -1.84. The second-order valence-electron chi connectivity index (χ2n) is 1.16. The standard InChI is InChI=1S/C5H8NO/c6-4-2-1-3-5-7/h1,7H,2-3,5H2. The molecule has 0 aliphatic rings. The Morgan fingerprint density at radius 3 is 2.86 bits per heavy atom. The third-order valence-corrected chi connectivity index (χ3v) is 0.569. The first-order chi connectivity index (χ1) is 3.41. The van der Waals surface area contributed by atoms with Crippen molar-refractivity contribution in [3.8, 4) is 6.07 Å². The molecule has 0 bridgehead atoms. The number of unbranched alkanes of at least 4 members (excludes halogenated alkanes) is 2. The fraction of sp³-hybridized carbons (Fsp3) is 0.600. The second kappa shape index (κ2) is 5.45. The van der Waals surface area contributed by atoms with Crippen molar-refractivity contribution in [1.82, 2.24) is 0 Å². The highest BCUT2D eigenvalue weighted by Gasteiger charge is 1.81. The minimum atomic E-state index is 0.154. The van der Waals surface area contributed by atoms with E-state index in [0.29, 0.717) is 12.8 Å². The van der Waals surface area contributed by atoms with Gasteiger partial charge in [0.15, 0.2) is 0 Å². The fourth-order valence-electron chi connectivity index (χ4n) is 0.258. The summed E-state index contributed by atoms with van der Waals surface area (Å²) in [5, 5.41) is 16.1. The Morgan fingerprint density at radius 1 is 1.71 bits per heavy atom. The number of hydrogen-bond acceptors (Lipinski definition) is 2. The van der Waals surface area contributed by atoms with Gasteiger partial charge in [0, 0.05) is 13.0 Å². The van der Waals surface area contributed by atoms with Crippen molar-refractivity contribution in [3.63, 3.8) is 0 Å². The van der Waals surface area contributed by atoms with Crippen molar-refractivity contribution < 1.29 is 5.11 Å². The summed E-state index contributed by atoms with van der Waals surface area (Å²) < 4.78 is 0. The zero-order chi connectivity index (χ0) is 5.54.